The topological polar surface area (TPSA) is 101 Å². The Morgan fingerprint density at radius 3 is 2.70 bits per heavy atom. The highest BCUT2D eigenvalue weighted by Crippen LogP contribution is 2.21. The summed E-state index contributed by atoms with van der Waals surface area (Å²) < 4.78 is 32.2. The highest BCUT2D eigenvalue weighted by molar-refractivity contribution is 7.89. The molecule has 8 nitrogen and oxygen atoms in total. The van der Waals surface area contributed by atoms with Crippen molar-refractivity contribution < 1.29 is 17.9 Å². The third-order valence-electron chi connectivity index (χ3n) is 4.63. The summed E-state index contributed by atoms with van der Waals surface area (Å²) in [6, 6.07) is 9.83. The average Bonchev–Trinajstić information content (AvgIpc) is 3.28. The van der Waals surface area contributed by atoms with Crippen molar-refractivity contribution in [3.8, 4) is 11.3 Å². The van der Waals surface area contributed by atoms with Crippen LogP contribution >= 0.6 is 11.3 Å². The number of rotatable bonds is 6. The Balaban J connectivity index is 1.43. The lowest BCUT2D eigenvalue weighted by molar-refractivity contribution is 0.0730. The normalized spacial score (nSPS) is 15.1. The Hall–Kier alpha value is -2.66. The Morgan fingerprint density at radius 1 is 1.17 bits per heavy atom. The number of hydrogen-bond donors (Lipinski definition) is 1. The fraction of sp³-hybridized carbons (Fsp3) is 0.250. The van der Waals surface area contributed by atoms with E-state index in [1.54, 1.807) is 24.5 Å². The Bertz CT molecular complexity index is 1130. The Kier molecular flexibility index (Phi) is 6.18. The SMILES string of the molecule is O=C(NCc1nc(-c2ccncc2)cs1)c1cccc(S(=O)(=O)N2CCOCC2)c1. The number of aromatic nitrogens is 2. The van der Waals surface area contributed by atoms with Gasteiger partial charge in [-0.05, 0) is 30.3 Å². The lowest BCUT2D eigenvalue weighted by Gasteiger charge is -2.26. The van der Waals surface area contributed by atoms with E-state index in [0.717, 1.165) is 16.3 Å². The van der Waals surface area contributed by atoms with E-state index >= 15 is 0 Å². The van der Waals surface area contributed by atoms with Gasteiger partial charge in [0.05, 0.1) is 30.3 Å². The van der Waals surface area contributed by atoms with Gasteiger partial charge in [0.2, 0.25) is 10.0 Å². The second kappa shape index (κ2) is 9.00. The van der Waals surface area contributed by atoms with Crippen molar-refractivity contribution in [3.63, 3.8) is 0 Å². The molecule has 0 bridgehead atoms. The minimum atomic E-state index is -3.65. The number of carbonyl (C=O) groups is 1. The number of carbonyl (C=O) groups excluding carboxylic acids is 1. The molecule has 1 fully saturated rings. The highest BCUT2D eigenvalue weighted by Gasteiger charge is 2.26. The van der Waals surface area contributed by atoms with Crippen LogP contribution in [0.25, 0.3) is 11.3 Å². The molecule has 30 heavy (non-hydrogen) atoms. The molecule has 1 N–H and O–H groups in total. The van der Waals surface area contributed by atoms with Gasteiger partial charge in [0.1, 0.15) is 5.01 Å². The molecule has 1 saturated heterocycles. The summed E-state index contributed by atoms with van der Waals surface area (Å²) in [4.78, 5) is 21.2. The molecule has 0 aliphatic carbocycles. The number of nitrogens with zero attached hydrogens (tertiary/aromatic N) is 3. The second-order valence-corrected chi connectivity index (χ2v) is 9.47. The molecule has 0 atom stereocenters. The first kappa shape index (κ1) is 20.6. The second-order valence-electron chi connectivity index (χ2n) is 6.59. The number of morpholine rings is 1. The summed E-state index contributed by atoms with van der Waals surface area (Å²) >= 11 is 1.45. The van der Waals surface area contributed by atoms with Gasteiger partial charge in [-0.2, -0.15) is 4.31 Å². The first-order chi connectivity index (χ1) is 14.5. The third kappa shape index (κ3) is 4.57. The van der Waals surface area contributed by atoms with Crippen LogP contribution in [-0.4, -0.2) is 54.9 Å². The summed E-state index contributed by atoms with van der Waals surface area (Å²) in [5, 5.41) is 5.49. The molecule has 0 spiro atoms. The van der Waals surface area contributed by atoms with E-state index in [1.807, 2.05) is 17.5 Å². The summed E-state index contributed by atoms with van der Waals surface area (Å²) in [7, 11) is -3.65. The lowest BCUT2D eigenvalue weighted by Crippen LogP contribution is -2.40. The van der Waals surface area contributed by atoms with E-state index in [1.165, 1.54) is 27.8 Å². The maximum absolute atomic E-state index is 12.8. The maximum Gasteiger partial charge on any atom is 0.251 e. The van der Waals surface area contributed by atoms with E-state index in [2.05, 4.69) is 15.3 Å². The molecule has 4 rings (SSSR count). The molecule has 1 aliphatic heterocycles. The highest BCUT2D eigenvalue weighted by atomic mass is 32.2. The molecule has 1 aromatic carbocycles. The van der Waals surface area contributed by atoms with Crippen LogP contribution in [0.3, 0.4) is 0 Å². The van der Waals surface area contributed by atoms with E-state index in [-0.39, 0.29) is 22.9 Å². The zero-order valence-electron chi connectivity index (χ0n) is 16.0. The van der Waals surface area contributed by atoms with Crippen LogP contribution in [0.5, 0.6) is 0 Å². The van der Waals surface area contributed by atoms with Gasteiger partial charge in [-0.1, -0.05) is 6.07 Å². The molecular formula is C20H20N4O4S2. The van der Waals surface area contributed by atoms with Gasteiger partial charge in [-0.3, -0.25) is 9.78 Å². The molecule has 2 aromatic heterocycles. The van der Waals surface area contributed by atoms with Crippen molar-refractivity contribution in [1.29, 1.82) is 0 Å². The molecule has 0 radical (unpaired) electrons. The molecular weight excluding hydrogens is 424 g/mol. The molecule has 3 heterocycles. The standard InChI is InChI=1S/C20H20N4O4S2/c25-20(22-13-19-23-18(14-29-19)15-4-6-21-7-5-15)16-2-1-3-17(12-16)30(26,27)24-8-10-28-11-9-24/h1-7,12,14H,8-11,13H2,(H,22,25). The van der Waals surface area contributed by atoms with Crippen LogP contribution in [0, 0.1) is 0 Å². The molecule has 156 valence electrons. The maximum atomic E-state index is 12.8. The zero-order valence-corrected chi connectivity index (χ0v) is 17.7. The summed E-state index contributed by atoms with van der Waals surface area (Å²) in [6.07, 6.45) is 3.40. The first-order valence-electron chi connectivity index (χ1n) is 9.35. The van der Waals surface area contributed by atoms with Crippen molar-refractivity contribution in [2.24, 2.45) is 0 Å². The minimum Gasteiger partial charge on any atom is -0.379 e. The first-order valence-corrected chi connectivity index (χ1v) is 11.7. The molecule has 3 aromatic rings. The molecule has 10 heteroatoms. The van der Waals surface area contributed by atoms with Crippen molar-refractivity contribution in [1.82, 2.24) is 19.6 Å². The smallest absolute Gasteiger partial charge is 0.251 e. The van der Waals surface area contributed by atoms with Crippen LogP contribution < -0.4 is 5.32 Å². The number of hydrogen-bond acceptors (Lipinski definition) is 7. The minimum absolute atomic E-state index is 0.103. The van der Waals surface area contributed by atoms with E-state index < -0.39 is 10.0 Å². The van der Waals surface area contributed by atoms with Crippen molar-refractivity contribution in [2.45, 2.75) is 11.4 Å². The predicted molar refractivity (Wildman–Crippen MR) is 113 cm³/mol. The van der Waals surface area contributed by atoms with Gasteiger partial charge in [0.15, 0.2) is 0 Å². The van der Waals surface area contributed by atoms with Crippen LogP contribution in [0.2, 0.25) is 0 Å². The fourth-order valence-corrected chi connectivity index (χ4v) is 5.24. The van der Waals surface area contributed by atoms with E-state index in [9.17, 15) is 13.2 Å². The fourth-order valence-electron chi connectivity index (χ4n) is 3.04. The number of ether oxygens (including phenoxy) is 1. The van der Waals surface area contributed by atoms with Gasteiger partial charge in [0, 0.05) is 42.0 Å². The van der Waals surface area contributed by atoms with Crippen molar-refractivity contribution in [3.05, 3.63) is 64.7 Å². The van der Waals surface area contributed by atoms with Gasteiger partial charge in [-0.25, -0.2) is 13.4 Å². The van der Waals surface area contributed by atoms with Gasteiger partial charge in [-0.15, -0.1) is 11.3 Å². The third-order valence-corrected chi connectivity index (χ3v) is 7.38. The Morgan fingerprint density at radius 2 is 1.93 bits per heavy atom. The largest absolute Gasteiger partial charge is 0.379 e. The molecule has 1 amide bonds. The number of amides is 1. The summed E-state index contributed by atoms with van der Waals surface area (Å²) in [5.74, 6) is -0.352. The number of sulfonamides is 1. The van der Waals surface area contributed by atoms with Gasteiger partial charge >= 0.3 is 0 Å². The number of thiazole rings is 1. The summed E-state index contributed by atoms with van der Waals surface area (Å²) in [6.45, 7) is 1.61. The van der Waals surface area contributed by atoms with Crippen molar-refractivity contribution in [2.75, 3.05) is 26.3 Å². The van der Waals surface area contributed by atoms with Crippen LogP contribution in [0.15, 0.2) is 59.1 Å². The molecule has 0 saturated carbocycles. The quantitative estimate of drug-likeness (QED) is 0.625. The van der Waals surface area contributed by atoms with E-state index in [0.29, 0.717) is 26.3 Å². The molecule has 0 unspecified atom stereocenters. The van der Waals surface area contributed by atoms with Crippen LogP contribution in [0.4, 0.5) is 0 Å². The van der Waals surface area contributed by atoms with E-state index in [4.69, 9.17) is 4.74 Å². The zero-order chi connectivity index (χ0) is 21.0. The Labute approximate surface area is 178 Å². The lowest BCUT2D eigenvalue weighted by atomic mass is 10.2. The average molecular weight is 445 g/mol. The van der Waals surface area contributed by atoms with Gasteiger partial charge in [0.25, 0.3) is 5.91 Å². The predicted octanol–water partition coefficient (Wildman–Crippen LogP) is 2.16. The van der Waals surface area contributed by atoms with Crippen molar-refractivity contribution >= 4 is 27.3 Å². The summed E-state index contributed by atoms with van der Waals surface area (Å²) in [5.41, 5.74) is 2.07. The van der Waals surface area contributed by atoms with Crippen LogP contribution in [-0.2, 0) is 21.3 Å². The molecule has 1 aliphatic rings. The van der Waals surface area contributed by atoms with Crippen LogP contribution in [0.1, 0.15) is 15.4 Å². The number of benzene rings is 1. The number of nitrogens with one attached hydrogen (secondary N) is 1. The number of pyridine rings is 1. The van der Waals surface area contributed by atoms with Gasteiger partial charge < -0.3 is 10.1 Å². The monoisotopic (exact) mass is 444 g/mol.